The van der Waals surface area contributed by atoms with Crippen molar-refractivity contribution in [1.29, 1.82) is 0 Å². The largest absolute Gasteiger partial charge is 0.497 e. The normalized spacial score (nSPS) is 24.7. The molecule has 2 aliphatic carbocycles. The highest BCUT2D eigenvalue weighted by Crippen LogP contribution is 2.46. The molecule has 3 heteroatoms. The Kier molecular flexibility index (Phi) is 3.13. The van der Waals surface area contributed by atoms with E-state index in [1.54, 1.807) is 13.2 Å². The molecule has 0 saturated heterocycles. The number of carbonyl (C=O) groups excluding carboxylic acids is 1. The number of rotatable bonds is 3. The highest BCUT2D eigenvalue weighted by atomic mass is 19.1. The molecule has 0 radical (unpaired) electrons. The number of alkyl halides is 1. The number of ether oxygens (including phenoxy) is 1. The first-order chi connectivity index (χ1) is 9.22. The lowest BCUT2D eigenvalue weighted by Gasteiger charge is -2.27. The Hall–Kier alpha value is -1.64. The summed E-state index contributed by atoms with van der Waals surface area (Å²) < 4.78 is 17.9. The zero-order chi connectivity index (χ0) is 13.4. The van der Waals surface area contributed by atoms with Crippen LogP contribution in [0.25, 0.3) is 5.57 Å². The van der Waals surface area contributed by atoms with E-state index in [1.165, 1.54) is 5.56 Å². The van der Waals surface area contributed by atoms with Gasteiger partial charge in [-0.25, -0.2) is 0 Å². The molecule has 2 aliphatic rings. The summed E-state index contributed by atoms with van der Waals surface area (Å²) in [6, 6.07) is 5.97. The SMILES string of the molecule is COc1ccc2c(c1)CC1C2=CC(=O)CC1CCF. The molecule has 1 aromatic carbocycles. The lowest BCUT2D eigenvalue weighted by molar-refractivity contribution is -0.116. The van der Waals surface area contributed by atoms with Crippen LogP contribution in [0.3, 0.4) is 0 Å². The first-order valence-electron chi connectivity index (χ1n) is 6.70. The topological polar surface area (TPSA) is 26.3 Å². The molecule has 0 spiro atoms. The summed E-state index contributed by atoms with van der Waals surface area (Å²) in [5, 5.41) is 0. The Balaban J connectivity index is 1.99. The summed E-state index contributed by atoms with van der Waals surface area (Å²) in [5.74, 6) is 1.42. The third kappa shape index (κ3) is 2.07. The van der Waals surface area contributed by atoms with E-state index in [0.29, 0.717) is 18.8 Å². The first kappa shape index (κ1) is 12.4. The molecular weight excluding hydrogens is 243 g/mol. The molecule has 2 nitrogen and oxygen atoms in total. The van der Waals surface area contributed by atoms with Crippen LogP contribution in [-0.2, 0) is 11.2 Å². The van der Waals surface area contributed by atoms with Gasteiger partial charge in [0, 0.05) is 6.42 Å². The van der Waals surface area contributed by atoms with Gasteiger partial charge in [0.2, 0.25) is 0 Å². The lowest BCUT2D eigenvalue weighted by Crippen LogP contribution is -2.23. The minimum atomic E-state index is -0.346. The predicted molar refractivity (Wildman–Crippen MR) is 71.9 cm³/mol. The molecule has 3 rings (SSSR count). The Morgan fingerprint density at radius 2 is 2.21 bits per heavy atom. The van der Waals surface area contributed by atoms with Gasteiger partial charge in [-0.2, -0.15) is 0 Å². The average Bonchev–Trinajstić information content (AvgIpc) is 2.77. The fourth-order valence-electron chi connectivity index (χ4n) is 3.38. The molecule has 2 atom stereocenters. The molecule has 0 aromatic heterocycles. The van der Waals surface area contributed by atoms with Gasteiger partial charge >= 0.3 is 0 Å². The van der Waals surface area contributed by atoms with Crippen LogP contribution in [0.5, 0.6) is 5.75 Å². The van der Waals surface area contributed by atoms with Crippen molar-refractivity contribution >= 4 is 11.4 Å². The van der Waals surface area contributed by atoms with Gasteiger partial charge < -0.3 is 4.74 Å². The van der Waals surface area contributed by atoms with Gasteiger partial charge in [-0.1, -0.05) is 6.07 Å². The molecule has 2 unspecified atom stereocenters. The molecule has 0 heterocycles. The number of fused-ring (bicyclic) bond motifs is 3. The van der Waals surface area contributed by atoms with E-state index in [9.17, 15) is 9.18 Å². The second-order valence-corrected chi connectivity index (χ2v) is 5.34. The van der Waals surface area contributed by atoms with Crippen molar-refractivity contribution in [3.05, 3.63) is 35.4 Å². The highest BCUT2D eigenvalue weighted by Gasteiger charge is 2.37. The predicted octanol–water partition coefficient (Wildman–Crippen LogP) is 3.20. The Bertz CT molecular complexity index is 548. The van der Waals surface area contributed by atoms with Crippen LogP contribution in [0.4, 0.5) is 4.39 Å². The number of halogens is 1. The monoisotopic (exact) mass is 260 g/mol. The fourth-order valence-corrected chi connectivity index (χ4v) is 3.38. The van der Waals surface area contributed by atoms with Gasteiger partial charge in [0.25, 0.3) is 0 Å². The van der Waals surface area contributed by atoms with E-state index < -0.39 is 0 Å². The van der Waals surface area contributed by atoms with Crippen LogP contribution >= 0.6 is 0 Å². The highest BCUT2D eigenvalue weighted by molar-refractivity contribution is 6.00. The van der Waals surface area contributed by atoms with E-state index in [2.05, 4.69) is 0 Å². The summed E-state index contributed by atoms with van der Waals surface area (Å²) in [4.78, 5) is 11.8. The summed E-state index contributed by atoms with van der Waals surface area (Å²) >= 11 is 0. The van der Waals surface area contributed by atoms with Crippen molar-refractivity contribution in [2.45, 2.75) is 19.3 Å². The van der Waals surface area contributed by atoms with E-state index >= 15 is 0 Å². The summed E-state index contributed by atoms with van der Waals surface area (Å²) in [5.41, 5.74) is 3.46. The molecule has 0 fully saturated rings. The quantitative estimate of drug-likeness (QED) is 0.834. The van der Waals surface area contributed by atoms with E-state index in [-0.39, 0.29) is 18.4 Å². The Morgan fingerprint density at radius 1 is 1.37 bits per heavy atom. The van der Waals surface area contributed by atoms with Gasteiger partial charge in [-0.15, -0.1) is 0 Å². The minimum Gasteiger partial charge on any atom is -0.497 e. The van der Waals surface area contributed by atoms with Crippen LogP contribution in [0.1, 0.15) is 24.0 Å². The number of hydrogen-bond donors (Lipinski definition) is 0. The van der Waals surface area contributed by atoms with Gasteiger partial charge in [0.15, 0.2) is 5.78 Å². The van der Waals surface area contributed by atoms with Gasteiger partial charge in [-0.05, 0) is 59.6 Å². The molecular formula is C16H17FO2. The number of benzene rings is 1. The maximum atomic E-state index is 12.7. The van der Waals surface area contributed by atoms with Crippen molar-refractivity contribution in [3.8, 4) is 5.75 Å². The van der Waals surface area contributed by atoms with Crippen molar-refractivity contribution in [1.82, 2.24) is 0 Å². The van der Waals surface area contributed by atoms with Crippen LogP contribution < -0.4 is 4.74 Å². The lowest BCUT2D eigenvalue weighted by atomic mass is 9.77. The molecule has 0 N–H and O–H groups in total. The van der Waals surface area contributed by atoms with Crippen molar-refractivity contribution in [2.24, 2.45) is 11.8 Å². The Morgan fingerprint density at radius 3 is 2.95 bits per heavy atom. The van der Waals surface area contributed by atoms with Gasteiger partial charge in [-0.3, -0.25) is 9.18 Å². The molecule has 0 saturated carbocycles. The summed E-state index contributed by atoms with van der Waals surface area (Å²) in [6.45, 7) is -0.346. The fraction of sp³-hybridized carbons (Fsp3) is 0.438. The van der Waals surface area contributed by atoms with Crippen LogP contribution in [0.2, 0.25) is 0 Å². The van der Waals surface area contributed by atoms with Crippen LogP contribution in [0.15, 0.2) is 24.3 Å². The van der Waals surface area contributed by atoms with Crippen molar-refractivity contribution in [3.63, 3.8) is 0 Å². The maximum Gasteiger partial charge on any atom is 0.156 e. The summed E-state index contributed by atoms with van der Waals surface area (Å²) in [7, 11) is 1.65. The number of methoxy groups -OCH3 is 1. The Labute approximate surface area is 112 Å². The van der Waals surface area contributed by atoms with Crippen molar-refractivity contribution < 1.29 is 13.9 Å². The molecule has 100 valence electrons. The molecule has 0 amide bonds. The molecule has 1 aromatic rings. The van der Waals surface area contributed by atoms with E-state index in [0.717, 1.165) is 23.3 Å². The number of allylic oxidation sites excluding steroid dienone is 2. The third-order valence-corrected chi connectivity index (χ3v) is 4.29. The van der Waals surface area contributed by atoms with Gasteiger partial charge in [0.1, 0.15) is 5.75 Å². The maximum absolute atomic E-state index is 12.7. The third-order valence-electron chi connectivity index (χ3n) is 4.29. The molecule has 0 aliphatic heterocycles. The van der Waals surface area contributed by atoms with E-state index in [4.69, 9.17) is 4.74 Å². The standard InChI is InChI=1S/C16H17FO2/c1-19-13-2-3-14-11(7-13)8-15-10(4-5-17)6-12(18)9-16(14)15/h2-3,7,9-10,15H,4-6,8H2,1H3. The number of hydrogen-bond acceptors (Lipinski definition) is 2. The summed E-state index contributed by atoms with van der Waals surface area (Å²) in [6.07, 6.45) is 3.64. The number of ketones is 1. The second kappa shape index (κ2) is 4.80. The zero-order valence-electron chi connectivity index (χ0n) is 11.0. The number of carbonyl (C=O) groups is 1. The van der Waals surface area contributed by atoms with Gasteiger partial charge in [0.05, 0.1) is 13.8 Å². The van der Waals surface area contributed by atoms with Crippen LogP contribution in [-0.4, -0.2) is 19.6 Å². The zero-order valence-corrected chi connectivity index (χ0v) is 11.0. The molecule has 0 bridgehead atoms. The van der Waals surface area contributed by atoms with Crippen LogP contribution in [0, 0.1) is 11.8 Å². The average molecular weight is 260 g/mol. The van der Waals surface area contributed by atoms with Crippen molar-refractivity contribution in [2.75, 3.05) is 13.8 Å². The van der Waals surface area contributed by atoms with E-state index in [1.807, 2.05) is 18.2 Å². The second-order valence-electron chi connectivity index (χ2n) is 5.34. The molecule has 19 heavy (non-hydrogen) atoms. The smallest absolute Gasteiger partial charge is 0.156 e. The first-order valence-corrected chi connectivity index (χ1v) is 6.70. The minimum absolute atomic E-state index is 0.133.